The first kappa shape index (κ1) is 16.7. The Morgan fingerprint density at radius 2 is 1.69 bits per heavy atom. The quantitative estimate of drug-likeness (QED) is 0.713. The molecule has 2 aromatic carbocycles. The maximum absolute atomic E-state index is 13.3. The highest BCUT2D eigenvalue weighted by Gasteiger charge is 2.33. The summed E-state index contributed by atoms with van der Waals surface area (Å²) in [5.74, 6) is 0. The van der Waals surface area contributed by atoms with Crippen molar-refractivity contribution >= 4 is 16.5 Å². The number of fused-ring (bicyclic) bond motifs is 1. The van der Waals surface area contributed by atoms with Gasteiger partial charge < -0.3 is 9.88 Å². The van der Waals surface area contributed by atoms with Crippen molar-refractivity contribution in [2.45, 2.75) is 19.0 Å². The number of alkyl halides is 3. The Hall–Kier alpha value is -2.76. The zero-order valence-electron chi connectivity index (χ0n) is 13.9. The summed E-state index contributed by atoms with van der Waals surface area (Å²) in [5, 5.41) is 1.12. The summed E-state index contributed by atoms with van der Waals surface area (Å²) in [5.41, 5.74) is 0.00313. The fourth-order valence-corrected chi connectivity index (χ4v) is 3.54. The predicted molar refractivity (Wildman–Crippen MR) is 96.5 cm³/mol. The Bertz CT molecular complexity index is 1020. The van der Waals surface area contributed by atoms with Crippen molar-refractivity contribution in [2.75, 3.05) is 18.0 Å². The van der Waals surface area contributed by atoms with Gasteiger partial charge in [0.2, 0.25) is 0 Å². The molecule has 0 saturated carbocycles. The number of pyridine rings is 1. The third-order valence-electron chi connectivity index (χ3n) is 4.82. The van der Waals surface area contributed by atoms with Crippen molar-refractivity contribution in [3.8, 4) is 11.3 Å². The molecule has 26 heavy (non-hydrogen) atoms. The number of aromatic nitrogens is 1. The Balaban J connectivity index is 1.88. The summed E-state index contributed by atoms with van der Waals surface area (Å²) in [7, 11) is 0. The molecule has 0 bridgehead atoms. The summed E-state index contributed by atoms with van der Waals surface area (Å²) in [6, 6.07) is 12.4. The van der Waals surface area contributed by atoms with Crippen LogP contribution in [-0.4, -0.2) is 18.1 Å². The van der Waals surface area contributed by atoms with Gasteiger partial charge in [-0.05, 0) is 48.6 Å². The monoisotopic (exact) mass is 358 g/mol. The average molecular weight is 358 g/mol. The zero-order valence-corrected chi connectivity index (χ0v) is 13.9. The summed E-state index contributed by atoms with van der Waals surface area (Å²) >= 11 is 0. The van der Waals surface area contributed by atoms with Gasteiger partial charge in [-0.1, -0.05) is 18.2 Å². The lowest BCUT2D eigenvalue weighted by molar-refractivity contribution is -0.137. The van der Waals surface area contributed by atoms with E-state index in [1.54, 1.807) is 12.1 Å². The summed E-state index contributed by atoms with van der Waals surface area (Å²) in [6.07, 6.45) is -2.24. The normalized spacial score (nSPS) is 15.0. The van der Waals surface area contributed by atoms with E-state index in [-0.39, 0.29) is 16.8 Å². The predicted octanol–water partition coefficient (Wildman–Crippen LogP) is 4.81. The Kier molecular flexibility index (Phi) is 3.98. The first-order valence-electron chi connectivity index (χ1n) is 8.52. The Morgan fingerprint density at radius 1 is 0.962 bits per heavy atom. The van der Waals surface area contributed by atoms with Crippen LogP contribution >= 0.6 is 0 Å². The number of H-pyrrole nitrogens is 1. The molecule has 2 heterocycles. The van der Waals surface area contributed by atoms with Crippen LogP contribution < -0.4 is 10.5 Å². The third-order valence-corrected chi connectivity index (χ3v) is 4.82. The summed E-state index contributed by atoms with van der Waals surface area (Å²) < 4.78 is 40.0. The van der Waals surface area contributed by atoms with Crippen LogP contribution in [0.15, 0.2) is 53.3 Å². The van der Waals surface area contributed by atoms with Crippen molar-refractivity contribution in [3.05, 3.63) is 64.4 Å². The van der Waals surface area contributed by atoms with Gasteiger partial charge >= 0.3 is 6.18 Å². The maximum atomic E-state index is 13.3. The van der Waals surface area contributed by atoms with Crippen LogP contribution in [0.5, 0.6) is 0 Å². The van der Waals surface area contributed by atoms with Gasteiger partial charge in [0.05, 0.1) is 5.56 Å². The standard InChI is InChI=1S/C20H17F3N2O/c21-20(22,23)17-6-2-1-5-16(17)18-12-13-11-14(25-9-3-4-10-25)7-8-15(13)19(26)24-18/h1-2,5-8,11-12H,3-4,9-10H2,(H,24,26). The highest BCUT2D eigenvalue weighted by atomic mass is 19.4. The SMILES string of the molecule is O=c1[nH]c(-c2ccccc2C(F)(F)F)cc2cc(N3CCCC3)ccc12. The first-order valence-corrected chi connectivity index (χ1v) is 8.52. The van der Waals surface area contributed by atoms with Gasteiger partial charge in [0.15, 0.2) is 0 Å². The lowest BCUT2D eigenvalue weighted by Gasteiger charge is -2.18. The van der Waals surface area contributed by atoms with Crippen molar-refractivity contribution in [3.63, 3.8) is 0 Å². The van der Waals surface area contributed by atoms with Gasteiger partial charge in [-0.2, -0.15) is 13.2 Å². The first-order chi connectivity index (χ1) is 12.4. The summed E-state index contributed by atoms with van der Waals surface area (Å²) in [4.78, 5) is 17.2. The molecule has 1 aromatic heterocycles. The Labute approximate surface area is 148 Å². The van der Waals surface area contributed by atoms with Crippen molar-refractivity contribution in [2.24, 2.45) is 0 Å². The smallest absolute Gasteiger partial charge is 0.372 e. The van der Waals surface area contributed by atoms with Gasteiger partial charge in [0.1, 0.15) is 0 Å². The molecule has 134 valence electrons. The molecule has 3 nitrogen and oxygen atoms in total. The molecule has 1 N–H and O–H groups in total. The minimum Gasteiger partial charge on any atom is -0.372 e. The summed E-state index contributed by atoms with van der Waals surface area (Å²) in [6.45, 7) is 1.91. The van der Waals surface area contributed by atoms with E-state index in [4.69, 9.17) is 0 Å². The number of hydrogen-bond donors (Lipinski definition) is 1. The largest absolute Gasteiger partial charge is 0.417 e. The number of hydrogen-bond acceptors (Lipinski definition) is 2. The fraction of sp³-hybridized carbons (Fsp3) is 0.250. The van der Waals surface area contributed by atoms with E-state index in [2.05, 4.69) is 9.88 Å². The molecule has 3 aromatic rings. The minimum atomic E-state index is -4.49. The van der Waals surface area contributed by atoms with Crippen LogP contribution in [0.25, 0.3) is 22.0 Å². The number of aromatic amines is 1. The molecule has 4 rings (SSSR count). The van der Waals surface area contributed by atoms with Gasteiger partial charge in [-0.3, -0.25) is 4.79 Å². The van der Waals surface area contributed by atoms with E-state index >= 15 is 0 Å². The number of benzene rings is 2. The lowest BCUT2D eigenvalue weighted by Crippen LogP contribution is -2.17. The van der Waals surface area contributed by atoms with Crippen molar-refractivity contribution in [1.82, 2.24) is 4.98 Å². The van der Waals surface area contributed by atoms with Gasteiger partial charge in [-0.15, -0.1) is 0 Å². The van der Waals surface area contributed by atoms with Crippen LogP contribution in [0.3, 0.4) is 0 Å². The molecule has 1 fully saturated rings. The number of nitrogens with one attached hydrogen (secondary N) is 1. The van der Waals surface area contributed by atoms with Gasteiger partial charge in [0, 0.05) is 35.4 Å². The molecule has 0 atom stereocenters. The highest BCUT2D eigenvalue weighted by molar-refractivity contribution is 5.88. The molecule has 0 spiro atoms. The van der Waals surface area contributed by atoms with Gasteiger partial charge in [-0.25, -0.2) is 0 Å². The zero-order chi connectivity index (χ0) is 18.3. The van der Waals surface area contributed by atoms with Crippen LogP contribution in [0, 0.1) is 0 Å². The molecule has 1 aliphatic rings. The molecule has 1 saturated heterocycles. The van der Waals surface area contributed by atoms with E-state index in [0.29, 0.717) is 10.8 Å². The molecule has 0 amide bonds. The average Bonchev–Trinajstić information content (AvgIpc) is 3.15. The number of anilines is 1. The van der Waals surface area contributed by atoms with Crippen LogP contribution in [-0.2, 0) is 6.18 Å². The fourth-order valence-electron chi connectivity index (χ4n) is 3.54. The van der Waals surface area contributed by atoms with Gasteiger partial charge in [0.25, 0.3) is 5.56 Å². The highest BCUT2D eigenvalue weighted by Crippen LogP contribution is 2.36. The second-order valence-electron chi connectivity index (χ2n) is 6.52. The lowest BCUT2D eigenvalue weighted by atomic mass is 10.0. The van der Waals surface area contributed by atoms with Crippen LogP contribution in [0.1, 0.15) is 18.4 Å². The molecule has 6 heteroatoms. The van der Waals surface area contributed by atoms with E-state index in [0.717, 1.165) is 37.7 Å². The second-order valence-corrected chi connectivity index (χ2v) is 6.52. The molecular weight excluding hydrogens is 341 g/mol. The molecule has 0 unspecified atom stereocenters. The topological polar surface area (TPSA) is 36.1 Å². The molecule has 0 radical (unpaired) electrons. The van der Waals surface area contributed by atoms with Crippen LogP contribution in [0.2, 0.25) is 0 Å². The minimum absolute atomic E-state index is 0.0226. The Morgan fingerprint density at radius 3 is 2.42 bits per heavy atom. The maximum Gasteiger partial charge on any atom is 0.417 e. The van der Waals surface area contributed by atoms with Crippen molar-refractivity contribution in [1.29, 1.82) is 0 Å². The molecule has 0 aliphatic carbocycles. The van der Waals surface area contributed by atoms with E-state index in [1.807, 2.05) is 12.1 Å². The molecular formula is C20H17F3N2O. The molecule has 1 aliphatic heterocycles. The number of rotatable bonds is 2. The second kappa shape index (κ2) is 6.20. The van der Waals surface area contributed by atoms with E-state index in [1.165, 1.54) is 18.2 Å². The van der Waals surface area contributed by atoms with Crippen molar-refractivity contribution < 1.29 is 13.2 Å². The van der Waals surface area contributed by atoms with E-state index < -0.39 is 11.7 Å². The third kappa shape index (κ3) is 2.96. The van der Waals surface area contributed by atoms with Crippen LogP contribution in [0.4, 0.5) is 18.9 Å². The number of nitrogens with zero attached hydrogens (tertiary/aromatic N) is 1. The number of halogens is 3. The van der Waals surface area contributed by atoms with E-state index in [9.17, 15) is 18.0 Å².